The van der Waals surface area contributed by atoms with Crippen molar-refractivity contribution in [2.45, 2.75) is 19.8 Å². The third kappa shape index (κ3) is 2.96. The van der Waals surface area contributed by atoms with E-state index < -0.39 is 5.76 Å². The van der Waals surface area contributed by atoms with Crippen molar-refractivity contribution in [3.05, 3.63) is 34.8 Å². The maximum absolute atomic E-state index is 10.8. The Kier molecular flexibility index (Phi) is 3.59. The van der Waals surface area contributed by atoms with Crippen molar-refractivity contribution in [1.29, 1.82) is 0 Å². The molecule has 0 aliphatic rings. The van der Waals surface area contributed by atoms with Crippen molar-refractivity contribution in [2.24, 2.45) is 0 Å². The molecule has 0 atom stereocenters. The average molecular weight is 234 g/mol. The molecule has 0 fully saturated rings. The monoisotopic (exact) mass is 234 g/mol. The van der Waals surface area contributed by atoms with Crippen LogP contribution < -0.4 is 10.5 Å². The molecule has 17 heavy (non-hydrogen) atoms. The van der Waals surface area contributed by atoms with Crippen LogP contribution in [0.25, 0.3) is 11.5 Å². The normalized spacial score (nSPS) is 10.4. The van der Waals surface area contributed by atoms with Gasteiger partial charge < -0.3 is 9.15 Å². The Morgan fingerprint density at radius 3 is 2.71 bits per heavy atom. The minimum absolute atomic E-state index is 0.287. The lowest BCUT2D eigenvalue weighted by Gasteiger charge is -2.04. The molecule has 1 aromatic heterocycles. The Labute approximate surface area is 98.4 Å². The molecule has 0 amide bonds. The Morgan fingerprint density at radius 1 is 1.35 bits per heavy atom. The van der Waals surface area contributed by atoms with Crippen molar-refractivity contribution in [2.75, 3.05) is 6.61 Å². The highest BCUT2D eigenvalue weighted by Gasteiger charge is 2.04. The van der Waals surface area contributed by atoms with Gasteiger partial charge in [-0.15, -0.1) is 5.10 Å². The molecule has 0 spiro atoms. The Bertz CT molecular complexity index is 513. The van der Waals surface area contributed by atoms with Crippen molar-refractivity contribution in [3.63, 3.8) is 0 Å². The summed E-state index contributed by atoms with van der Waals surface area (Å²) in [5.41, 5.74) is 0.742. The second-order valence-electron chi connectivity index (χ2n) is 3.64. The third-order valence-electron chi connectivity index (χ3n) is 2.31. The van der Waals surface area contributed by atoms with Crippen molar-refractivity contribution in [1.82, 2.24) is 10.2 Å². The van der Waals surface area contributed by atoms with Gasteiger partial charge in [-0.2, -0.15) is 0 Å². The minimum atomic E-state index is -0.553. The summed E-state index contributed by atoms with van der Waals surface area (Å²) >= 11 is 0. The highest BCUT2D eigenvalue weighted by molar-refractivity contribution is 5.53. The van der Waals surface area contributed by atoms with E-state index in [1.54, 1.807) is 12.1 Å². The van der Waals surface area contributed by atoms with Gasteiger partial charge in [0.15, 0.2) is 0 Å². The van der Waals surface area contributed by atoms with Crippen LogP contribution in [0.5, 0.6) is 5.75 Å². The molecule has 0 unspecified atom stereocenters. The van der Waals surface area contributed by atoms with Gasteiger partial charge in [0, 0.05) is 5.56 Å². The molecule has 0 aliphatic carbocycles. The first-order chi connectivity index (χ1) is 8.29. The predicted molar refractivity (Wildman–Crippen MR) is 63.0 cm³/mol. The number of hydrogen-bond donors (Lipinski definition) is 1. The Balaban J connectivity index is 2.05. The van der Waals surface area contributed by atoms with Gasteiger partial charge in [0.1, 0.15) is 5.75 Å². The number of hydrogen-bond acceptors (Lipinski definition) is 4. The molecule has 1 N–H and O–H groups in total. The van der Waals surface area contributed by atoms with Crippen molar-refractivity contribution >= 4 is 0 Å². The fourth-order valence-corrected chi connectivity index (χ4v) is 1.38. The Morgan fingerprint density at radius 2 is 2.12 bits per heavy atom. The molecule has 0 saturated carbocycles. The second kappa shape index (κ2) is 5.34. The zero-order valence-corrected chi connectivity index (χ0v) is 9.60. The van der Waals surface area contributed by atoms with E-state index in [2.05, 4.69) is 17.1 Å². The van der Waals surface area contributed by atoms with E-state index in [1.165, 1.54) is 0 Å². The van der Waals surface area contributed by atoms with E-state index in [0.717, 1.165) is 24.2 Å². The summed E-state index contributed by atoms with van der Waals surface area (Å²) in [6.45, 7) is 2.83. The summed E-state index contributed by atoms with van der Waals surface area (Å²) in [4.78, 5) is 10.8. The SMILES string of the molecule is CCCCOc1ccc(-c2n[nH]c(=O)o2)cc1. The number of unbranched alkanes of at least 4 members (excludes halogenated alkanes) is 1. The van der Waals surface area contributed by atoms with Gasteiger partial charge in [0.2, 0.25) is 5.89 Å². The number of nitrogens with one attached hydrogen (secondary N) is 1. The van der Waals surface area contributed by atoms with E-state index in [4.69, 9.17) is 9.15 Å². The summed E-state index contributed by atoms with van der Waals surface area (Å²) in [7, 11) is 0. The molecule has 5 nitrogen and oxygen atoms in total. The highest BCUT2D eigenvalue weighted by atomic mass is 16.5. The van der Waals surface area contributed by atoms with Crippen LogP contribution in [0.2, 0.25) is 0 Å². The summed E-state index contributed by atoms with van der Waals surface area (Å²) in [6, 6.07) is 7.28. The van der Waals surface area contributed by atoms with Crippen LogP contribution in [-0.4, -0.2) is 16.8 Å². The summed E-state index contributed by atoms with van der Waals surface area (Å²) in [5, 5.41) is 5.97. The lowest BCUT2D eigenvalue weighted by molar-refractivity contribution is 0.309. The number of aromatic nitrogens is 2. The number of nitrogens with zero attached hydrogens (tertiary/aromatic N) is 1. The van der Waals surface area contributed by atoms with Gasteiger partial charge in [0.05, 0.1) is 6.61 Å². The van der Waals surface area contributed by atoms with Crippen LogP contribution in [0.3, 0.4) is 0 Å². The highest BCUT2D eigenvalue weighted by Crippen LogP contribution is 2.19. The van der Waals surface area contributed by atoms with Crippen LogP contribution >= 0.6 is 0 Å². The first-order valence-corrected chi connectivity index (χ1v) is 5.58. The summed E-state index contributed by atoms with van der Waals surface area (Å²) in [5.74, 6) is 0.540. The standard InChI is InChI=1S/C12H14N2O3/c1-2-3-8-16-10-6-4-9(5-7-10)11-13-14-12(15)17-11/h4-7H,2-3,8H2,1H3,(H,14,15). The number of rotatable bonds is 5. The van der Waals surface area contributed by atoms with Crippen LogP contribution in [0.4, 0.5) is 0 Å². The molecule has 2 aromatic rings. The first kappa shape index (κ1) is 11.4. The lowest BCUT2D eigenvalue weighted by atomic mass is 10.2. The van der Waals surface area contributed by atoms with Crippen molar-refractivity contribution in [3.8, 4) is 17.2 Å². The van der Waals surface area contributed by atoms with Crippen LogP contribution in [0, 0.1) is 0 Å². The molecule has 2 rings (SSSR count). The van der Waals surface area contributed by atoms with Gasteiger partial charge in [-0.1, -0.05) is 13.3 Å². The third-order valence-corrected chi connectivity index (χ3v) is 2.31. The maximum Gasteiger partial charge on any atom is 0.434 e. The average Bonchev–Trinajstić information content (AvgIpc) is 2.77. The van der Waals surface area contributed by atoms with E-state index in [0.29, 0.717) is 6.61 Å². The van der Waals surface area contributed by atoms with E-state index in [1.807, 2.05) is 12.1 Å². The molecular weight excluding hydrogens is 220 g/mol. The molecular formula is C12H14N2O3. The molecule has 1 aromatic carbocycles. The van der Waals surface area contributed by atoms with E-state index >= 15 is 0 Å². The number of aromatic amines is 1. The minimum Gasteiger partial charge on any atom is -0.494 e. The van der Waals surface area contributed by atoms with Gasteiger partial charge in [-0.25, -0.2) is 9.89 Å². The largest absolute Gasteiger partial charge is 0.494 e. The van der Waals surface area contributed by atoms with Crippen LogP contribution in [-0.2, 0) is 0 Å². The van der Waals surface area contributed by atoms with Gasteiger partial charge in [0.25, 0.3) is 0 Å². The number of benzene rings is 1. The maximum atomic E-state index is 10.8. The first-order valence-electron chi connectivity index (χ1n) is 5.58. The zero-order valence-electron chi connectivity index (χ0n) is 9.60. The van der Waals surface area contributed by atoms with Gasteiger partial charge in [-0.3, -0.25) is 0 Å². The second-order valence-corrected chi connectivity index (χ2v) is 3.64. The quantitative estimate of drug-likeness (QED) is 0.805. The predicted octanol–water partition coefficient (Wildman–Crippen LogP) is 2.21. The van der Waals surface area contributed by atoms with Crippen molar-refractivity contribution < 1.29 is 9.15 Å². The topological polar surface area (TPSA) is 68.1 Å². The molecule has 5 heteroatoms. The fourth-order valence-electron chi connectivity index (χ4n) is 1.38. The lowest BCUT2D eigenvalue weighted by Crippen LogP contribution is -1.95. The van der Waals surface area contributed by atoms with E-state index in [-0.39, 0.29) is 5.89 Å². The molecule has 90 valence electrons. The molecule has 0 bridgehead atoms. The van der Waals surface area contributed by atoms with Crippen LogP contribution in [0.1, 0.15) is 19.8 Å². The van der Waals surface area contributed by atoms with Gasteiger partial charge >= 0.3 is 5.76 Å². The van der Waals surface area contributed by atoms with E-state index in [9.17, 15) is 4.79 Å². The number of H-pyrrole nitrogens is 1. The zero-order chi connectivity index (χ0) is 12.1. The fraction of sp³-hybridized carbons (Fsp3) is 0.333. The summed E-state index contributed by atoms with van der Waals surface area (Å²) < 4.78 is 10.4. The summed E-state index contributed by atoms with van der Waals surface area (Å²) in [6.07, 6.45) is 2.15. The Hall–Kier alpha value is -2.04. The smallest absolute Gasteiger partial charge is 0.434 e. The molecule has 1 heterocycles. The van der Waals surface area contributed by atoms with Gasteiger partial charge in [-0.05, 0) is 30.7 Å². The number of ether oxygens (including phenoxy) is 1. The molecule has 0 saturated heterocycles. The molecule has 0 radical (unpaired) electrons. The molecule has 0 aliphatic heterocycles. The van der Waals surface area contributed by atoms with Crippen LogP contribution in [0.15, 0.2) is 33.5 Å².